The number of nitrogens with one attached hydrogen (secondary N) is 2. The molecule has 3 rings (SSSR count). The molecule has 1 fully saturated rings. The molecular formula is C19H25N3O5S. The Hall–Kier alpha value is -2.42. The number of hydrogen-bond donors (Lipinski definition) is 2. The number of benzene rings is 1. The van der Waals surface area contributed by atoms with E-state index >= 15 is 0 Å². The zero-order valence-electron chi connectivity index (χ0n) is 15.8. The fourth-order valence-electron chi connectivity index (χ4n) is 3.43. The van der Waals surface area contributed by atoms with Gasteiger partial charge in [-0.15, -0.1) is 0 Å². The van der Waals surface area contributed by atoms with Gasteiger partial charge in [-0.2, -0.15) is 0 Å². The van der Waals surface area contributed by atoms with E-state index in [4.69, 9.17) is 4.74 Å². The van der Waals surface area contributed by atoms with E-state index in [0.29, 0.717) is 18.0 Å². The predicted octanol–water partition coefficient (Wildman–Crippen LogP) is 1.35. The first-order chi connectivity index (χ1) is 13.4. The summed E-state index contributed by atoms with van der Waals surface area (Å²) in [6, 6.07) is 5.44. The van der Waals surface area contributed by atoms with Crippen LogP contribution in [0.25, 0.3) is 0 Å². The fraction of sp³-hybridized carbons (Fsp3) is 0.526. The van der Waals surface area contributed by atoms with Crippen molar-refractivity contribution in [2.45, 2.75) is 50.0 Å². The maximum atomic E-state index is 12.1. The number of hydrogen-bond acceptors (Lipinski definition) is 6. The standard InChI is InChI=1S/C19H25N3O5S/c1-13(21-18-15-9-5-6-10-16(15)28(25,26)22-18)19(24)27-12-17(23)20-11-14-7-3-2-4-8-14/h5-6,9-10,13-14H,2-4,7-8,11-12H2,1H3,(H,20,23)(H,21,22)/t13-/m0/s1. The van der Waals surface area contributed by atoms with E-state index in [1.807, 2.05) is 0 Å². The molecule has 9 heteroatoms. The maximum absolute atomic E-state index is 12.1. The molecule has 0 saturated heterocycles. The minimum absolute atomic E-state index is 0.0989. The van der Waals surface area contributed by atoms with Crippen molar-refractivity contribution in [3.8, 4) is 0 Å². The average Bonchev–Trinajstić information content (AvgIpc) is 2.95. The van der Waals surface area contributed by atoms with Gasteiger partial charge in [0.25, 0.3) is 15.9 Å². The predicted molar refractivity (Wildman–Crippen MR) is 103 cm³/mol. The number of rotatable bonds is 6. The molecule has 2 aliphatic rings. The molecule has 1 aliphatic heterocycles. The lowest BCUT2D eigenvalue weighted by Crippen LogP contribution is -2.35. The Morgan fingerprint density at radius 1 is 1.25 bits per heavy atom. The lowest BCUT2D eigenvalue weighted by molar-refractivity contribution is -0.149. The van der Waals surface area contributed by atoms with E-state index in [1.54, 1.807) is 18.2 Å². The molecule has 0 radical (unpaired) electrons. The Morgan fingerprint density at radius 3 is 2.71 bits per heavy atom. The van der Waals surface area contributed by atoms with Gasteiger partial charge in [-0.25, -0.2) is 13.2 Å². The van der Waals surface area contributed by atoms with Crippen LogP contribution in [0.5, 0.6) is 0 Å². The number of esters is 1. The van der Waals surface area contributed by atoms with E-state index in [9.17, 15) is 18.0 Å². The van der Waals surface area contributed by atoms with Crippen molar-refractivity contribution in [2.24, 2.45) is 10.9 Å². The van der Waals surface area contributed by atoms with Crippen LogP contribution in [0.4, 0.5) is 0 Å². The number of carbonyl (C=O) groups is 2. The molecule has 152 valence electrons. The number of nitrogens with zero attached hydrogens (tertiary/aromatic N) is 1. The fourth-order valence-corrected chi connectivity index (χ4v) is 4.67. The summed E-state index contributed by atoms with van der Waals surface area (Å²) in [5, 5.41) is 2.80. The molecule has 28 heavy (non-hydrogen) atoms. The molecular weight excluding hydrogens is 382 g/mol. The van der Waals surface area contributed by atoms with Crippen LogP contribution in [0.15, 0.2) is 34.2 Å². The molecule has 1 aromatic carbocycles. The van der Waals surface area contributed by atoms with Gasteiger partial charge in [0, 0.05) is 12.1 Å². The van der Waals surface area contributed by atoms with Gasteiger partial charge in [0.15, 0.2) is 6.61 Å². The highest BCUT2D eigenvalue weighted by atomic mass is 32.2. The normalized spacial score (nSPS) is 20.8. The van der Waals surface area contributed by atoms with Crippen LogP contribution in [0.1, 0.15) is 44.6 Å². The number of amidine groups is 1. The van der Waals surface area contributed by atoms with Gasteiger partial charge in [-0.3, -0.25) is 14.5 Å². The smallest absolute Gasteiger partial charge is 0.331 e. The van der Waals surface area contributed by atoms with Crippen LogP contribution < -0.4 is 10.0 Å². The molecule has 0 spiro atoms. The highest BCUT2D eigenvalue weighted by molar-refractivity contribution is 7.90. The summed E-state index contributed by atoms with van der Waals surface area (Å²) in [6.45, 7) is 1.72. The highest BCUT2D eigenvalue weighted by Crippen LogP contribution is 2.23. The second kappa shape index (κ2) is 8.72. The van der Waals surface area contributed by atoms with Crippen molar-refractivity contribution >= 4 is 27.7 Å². The van der Waals surface area contributed by atoms with Crippen LogP contribution in [0.3, 0.4) is 0 Å². The number of fused-ring (bicyclic) bond motifs is 1. The number of aliphatic imine (C=N–C) groups is 1. The lowest BCUT2D eigenvalue weighted by atomic mass is 9.89. The van der Waals surface area contributed by atoms with E-state index in [2.05, 4.69) is 15.0 Å². The zero-order chi connectivity index (χ0) is 20.1. The zero-order valence-corrected chi connectivity index (χ0v) is 16.6. The molecule has 1 aromatic rings. The van der Waals surface area contributed by atoms with Gasteiger partial charge < -0.3 is 10.1 Å². The van der Waals surface area contributed by atoms with Crippen LogP contribution in [0, 0.1) is 5.92 Å². The Kier molecular flexibility index (Phi) is 6.33. The first-order valence-electron chi connectivity index (χ1n) is 9.50. The summed E-state index contributed by atoms with van der Waals surface area (Å²) in [6.07, 6.45) is 5.88. The molecule has 8 nitrogen and oxygen atoms in total. The molecule has 1 amide bonds. The molecule has 1 atom stereocenters. The van der Waals surface area contributed by atoms with Crippen LogP contribution in [-0.2, 0) is 24.3 Å². The van der Waals surface area contributed by atoms with Gasteiger partial charge in [-0.05, 0) is 37.8 Å². The van der Waals surface area contributed by atoms with Crippen molar-refractivity contribution in [1.82, 2.24) is 10.0 Å². The third-order valence-electron chi connectivity index (χ3n) is 4.98. The number of sulfonamides is 1. The van der Waals surface area contributed by atoms with Crippen molar-refractivity contribution in [1.29, 1.82) is 0 Å². The first kappa shape index (κ1) is 20.3. The SMILES string of the molecule is C[C@H](N=C1NS(=O)(=O)c2ccccc21)C(=O)OCC(=O)NCC1CCCCC1. The largest absolute Gasteiger partial charge is 0.454 e. The monoisotopic (exact) mass is 407 g/mol. The van der Waals surface area contributed by atoms with Crippen LogP contribution in [-0.4, -0.2) is 45.3 Å². The van der Waals surface area contributed by atoms with E-state index in [1.165, 1.54) is 32.3 Å². The first-order valence-corrected chi connectivity index (χ1v) is 11.0. The molecule has 0 aromatic heterocycles. The Morgan fingerprint density at radius 2 is 1.96 bits per heavy atom. The minimum Gasteiger partial charge on any atom is -0.454 e. The lowest BCUT2D eigenvalue weighted by Gasteiger charge is -2.21. The molecule has 0 unspecified atom stereocenters. The maximum Gasteiger partial charge on any atom is 0.331 e. The van der Waals surface area contributed by atoms with Gasteiger partial charge >= 0.3 is 5.97 Å². The quantitative estimate of drug-likeness (QED) is 0.691. The topological polar surface area (TPSA) is 114 Å². The Bertz CT molecular complexity index is 875. The van der Waals surface area contributed by atoms with E-state index in [0.717, 1.165) is 12.8 Å². The summed E-state index contributed by atoms with van der Waals surface area (Å²) in [4.78, 5) is 28.3. The number of amides is 1. The van der Waals surface area contributed by atoms with Gasteiger partial charge in [0.2, 0.25) is 0 Å². The molecule has 0 bridgehead atoms. The van der Waals surface area contributed by atoms with Crippen molar-refractivity contribution in [2.75, 3.05) is 13.2 Å². The van der Waals surface area contributed by atoms with Gasteiger partial charge in [0.05, 0.1) is 4.90 Å². The Balaban J connectivity index is 1.51. The van der Waals surface area contributed by atoms with Crippen molar-refractivity contribution < 1.29 is 22.7 Å². The highest BCUT2D eigenvalue weighted by Gasteiger charge is 2.31. The minimum atomic E-state index is -3.67. The third kappa shape index (κ3) is 4.89. The van der Waals surface area contributed by atoms with Gasteiger partial charge in [0.1, 0.15) is 11.9 Å². The summed E-state index contributed by atoms with van der Waals surface area (Å²) in [7, 11) is -3.67. The number of ether oxygens (including phenoxy) is 1. The summed E-state index contributed by atoms with van der Waals surface area (Å²) in [5.74, 6) is -0.439. The average molecular weight is 407 g/mol. The second-order valence-electron chi connectivity index (χ2n) is 7.17. The third-order valence-corrected chi connectivity index (χ3v) is 6.38. The molecule has 1 saturated carbocycles. The molecule has 1 aliphatic carbocycles. The van der Waals surface area contributed by atoms with Gasteiger partial charge in [-0.1, -0.05) is 31.4 Å². The van der Waals surface area contributed by atoms with Crippen LogP contribution in [0.2, 0.25) is 0 Å². The van der Waals surface area contributed by atoms with E-state index < -0.39 is 22.0 Å². The second-order valence-corrected chi connectivity index (χ2v) is 8.82. The molecule has 1 heterocycles. The van der Waals surface area contributed by atoms with Crippen molar-refractivity contribution in [3.05, 3.63) is 29.8 Å². The van der Waals surface area contributed by atoms with E-state index in [-0.39, 0.29) is 23.2 Å². The molecule has 2 N–H and O–H groups in total. The van der Waals surface area contributed by atoms with Crippen molar-refractivity contribution in [3.63, 3.8) is 0 Å². The summed E-state index contributed by atoms with van der Waals surface area (Å²) in [5.41, 5.74) is 0.410. The Labute approximate surface area is 164 Å². The summed E-state index contributed by atoms with van der Waals surface area (Å²) < 4.78 is 31.5. The summed E-state index contributed by atoms with van der Waals surface area (Å²) >= 11 is 0. The number of carbonyl (C=O) groups excluding carboxylic acids is 2. The van der Waals surface area contributed by atoms with Crippen LogP contribution >= 0.6 is 0 Å².